The van der Waals surface area contributed by atoms with Crippen LogP contribution in [0, 0.1) is 0 Å². The summed E-state index contributed by atoms with van der Waals surface area (Å²) in [6, 6.07) is 2.18. The highest BCUT2D eigenvalue weighted by atomic mass is 16.6. The molecule has 0 saturated heterocycles. The van der Waals surface area contributed by atoms with Gasteiger partial charge in [-0.1, -0.05) is 0 Å². The third-order valence-corrected chi connectivity index (χ3v) is 3.54. The van der Waals surface area contributed by atoms with Crippen molar-refractivity contribution in [2.75, 3.05) is 60.0 Å². The molecule has 1 N–H and O–H groups in total. The average molecular weight is 398 g/mol. The molecule has 0 saturated carbocycles. The Morgan fingerprint density at radius 3 is 2.61 bits per heavy atom. The highest BCUT2D eigenvalue weighted by Crippen LogP contribution is 2.23. The number of aromatic hydroxyl groups is 1. The molecule has 0 aromatic carbocycles. The number of ether oxygens (including phenoxy) is 6. The highest BCUT2D eigenvalue weighted by molar-refractivity contribution is 5.98. The van der Waals surface area contributed by atoms with Gasteiger partial charge in [0.1, 0.15) is 19.0 Å². The maximum atomic E-state index is 11.7. The molecule has 28 heavy (non-hydrogen) atoms. The van der Waals surface area contributed by atoms with Crippen molar-refractivity contribution in [2.45, 2.75) is 13.0 Å². The van der Waals surface area contributed by atoms with Crippen molar-refractivity contribution in [1.29, 1.82) is 0 Å². The predicted octanol–water partition coefficient (Wildman–Crippen LogP) is 0.554. The SMILES string of the molecule is CCOC(=O)[C@H]1COC(c2nc(OCCOCCOCCOC)ccc2O)=N1. The highest BCUT2D eigenvalue weighted by Gasteiger charge is 2.29. The number of esters is 1. The van der Waals surface area contributed by atoms with Crippen LogP contribution in [0.3, 0.4) is 0 Å². The zero-order chi connectivity index (χ0) is 20.2. The number of carbonyl (C=O) groups excluding carboxylic acids is 1. The van der Waals surface area contributed by atoms with Gasteiger partial charge in [0.2, 0.25) is 11.8 Å². The smallest absolute Gasteiger partial charge is 0.334 e. The molecule has 0 radical (unpaired) electrons. The van der Waals surface area contributed by atoms with Gasteiger partial charge in [0.05, 0.1) is 39.6 Å². The van der Waals surface area contributed by atoms with Crippen LogP contribution in [0.4, 0.5) is 0 Å². The molecule has 10 heteroatoms. The van der Waals surface area contributed by atoms with Crippen LogP contribution in [0.1, 0.15) is 12.6 Å². The second kappa shape index (κ2) is 12.1. The van der Waals surface area contributed by atoms with E-state index in [0.717, 1.165) is 0 Å². The van der Waals surface area contributed by atoms with E-state index < -0.39 is 12.0 Å². The molecule has 1 atom stereocenters. The molecule has 0 amide bonds. The Labute approximate surface area is 163 Å². The Hall–Kier alpha value is -2.43. The van der Waals surface area contributed by atoms with Gasteiger partial charge in [0.15, 0.2) is 11.7 Å². The second-order valence-electron chi connectivity index (χ2n) is 5.60. The van der Waals surface area contributed by atoms with Crippen LogP contribution >= 0.6 is 0 Å². The quantitative estimate of drug-likeness (QED) is 0.375. The van der Waals surface area contributed by atoms with E-state index in [1.165, 1.54) is 12.1 Å². The van der Waals surface area contributed by atoms with Gasteiger partial charge in [-0.2, -0.15) is 0 Å². The number of pyridine rings is 1. The minimum atomic E-state index is -0.764. The van der Waals surface area contributed by atoms with Crippen LogP contribution in [0.15, 0.2) is 17.1 Å². The zero-order valence-corrected chi connectivity index (χ0v) is 16.1. The number of aliphatic imine (C=N–C) groups is 1. The van der Waals surface area contributed by atoms with E-state index in [0.29, 0.717) is 33.0 Å². The van der Waals surface area contributed by atoms with Gasteiger partial charge in [0, 0.05) is 13.2 Å². The summed E-state index contributed by atoms with van der Waals surface area (Å²) < 4.78 is 31.3. The zero-order valence-electron chi connectivity index (χ0n) is 16.1. The molecule has 10 nitrogen and oxygen atoms in total. The Morgan fingerprint density at radius 1 is 1.18 bits per heavy atom. The summed E-state index contributed by atoms with van der Waals surface area (Å²) >= 11 is 0. The van der Waals surface area contributed by atoms with E-state index in [9.17, 15) is 9.90 Å². The molecule has 1 aliphatic rings. The van der Waals surface area contributed by atoms with E-state index in [1.807, 2.05) is 0 Å². The Balaban J connectivity index is 1.78. The molecular weight excluding hydrogens is 372 g/mol. The lowest BCUT2D eigenvalue weighted by Crippen LogP contribution is -2.22. The third kappa shape index (κ3) is 6.95. The number of carbonyl (C=O) groups is 1. The number of hydrogen-bond donors (Lipinski definition) is 1. The van der Waals surface area contributed by atoms with Crippen molar-refractivity contribution in [3.63, 3.8) is 0 Å². The lowest BCUT2D eigenvalue weighted by Gasteiger charge is -2.09. The topological polar surface area (TPSA) is 118 Å². The van der Waals surface area contributed by atoms with Crippen molar-refractivity contribution in [3.05, 3.63) is 17.8 Å². The van der Waals surface area contributed by atoms with Crippen molar-refractivity contribution in [3.8, 4) is 11.6 Å². The van der Waals surface area contributed by atoms with Gasteiger partial charge in [-0.3, -0.25) is 0 Å². The summed E-state index contributed by atoms with van der Waals surface area (Å²) in [4.78, 5) is 20.0. The number of methoxy groups -OCH3 is 1. The van der Waals surface area contributed by atoms with Gasteiger partial charge in [-0.05, 0) is 13.0 Å². The molecule has 0 fully saturated rings. The fraction of sp³-hybridized carbons (Fsp3) is 0.611. The van der Waals surface area contributed by atoms with Crippen LogP contribution in [-0.4, -0.2) is 88.0 Å². The Bertz CT molecular complexity index is 652. The molecule has 1 aromatic rings. The first kappa shape index (κ1) is 21.9. The lowest BCUT2D eigenvalue weighted by atomic mass is 10.3. The molecular formula is C18H26N2O8. The summed E-state index contributed by atoms with van der Waals surface area (Å²) in [5.74, 6) is -0.253. The monoisotopic (exact) mass is 398 g/mol. The van der Waals surface area contributed by atoms with Crippen LogP contribution in [-0.2, 0) is 28.5 Å². The third-order valence-electron chi connectivity index (χ3n) is 3.54. The lowest BCUT2D eigenvalue weighted by molar-refractivity contribution is -0.144. The standard InChI is InChI=1S/C18H26N2O8/c1-3-26-18(22)13-12-28-17(19-13)16-14(21)4-5-15(20-16)27-11-10-25-9-8-24-7-6-23-2/h4-5,13,21H,3,6-12H2,1-2H3/t13-/m1/s1. The van der Waals surface area contributed by atoms with Crippen molar-refractivity contribution in [1.82, 2.24) is 4.98 Å². The summed E-state index contributed by atoms with van der Waals surface area (Å²) in [5.41, 5.74) is 0.108. The van der Waals surface area contributed by atoms with Crippen LogP contribution in [0.2, 0.25) is 0 Å². The molecule has 0 unspecified atom stereocenters. The van der Waals surface area contributed by atoms with E-state index in [4.69, 9.17) is 28.4 Å². The maximum Gasteiger partial charge on any atom is 0.334 e. The molecule has 0 bridgehead atoms. The fourth-order valence-electron chi connectivity index (χ4n) is 2.20. The summed E-state index contributed by atoms with van der Waals surface area (Å²) in [6.45, 7) is 4.64. The molecule has 1 aromatic heterocycles. The molecule has 2 rings (SSSR count). The van der Waals surface area contributed by atoms with Gasteiger partial charge in [-0.25, -0.2) is 14.8 Å². The number of rotatable bonds is 13. The van der Waals surface area contributed by atoms with Gasteiger partial charge in [0.25, 0.3) is 0 Å². The Morgan fingerprint density at radius 2 is 1.89 bits per heavy atom. The molecule has 156 valence electrons. The Kier molecular flexibility index (Phi) is 9.46. The van der Waals surface area contributed by atoms with Gasteiger partial charge in [-0.15, -0.1) is 0 Å². The van der Waals surface area contributed by atoms with Crippen molar-refractivity contribution < 1.29 is 38.3 Å². The number of hydrogen-bond acceptors (Lipinski definition) is 10. The summed E-state index contributed by atoms with van der Waals surface area (Å²) in [5, 5.41) is 10.0. The molecule has 0 spiro atoms. The van der Waals surface area contributed by atoms with Gasteiger partial charge < -0.3 is 33.5 Å². The van der Waals surface area contributed by atoms with E-state index in [2.05, 4.69) is 9.98 Å². The largest absolute Gasteiger partial charge is 0.505 e. The first-order valence-corrected chi connectivity index (χ1v) is 9.00. The van der Waals surface area contributed by atoms with Gasteiger partial charge >= 0.3 is 5.97 Å². The van der Waals surface area contributed by atoms with Crippen molar-refractivity contribution in [2.24, 2.45) is 4.99 Å². The first-order valence-electron chi connectivity index (χ1n) is 9.00. The first-order chi connectivity index (χ1) is 13.7. The second-order valence-corrected chi connectivity index (χ2v) is 5.60. The fourth-order valence-corrected chi connectivity index (χ4v) is 2.20. The summed E-state index contributed by atoms with van der Waals surface area (Å²) in [7, 11) is 1.62. The van der Waals surface area contributed by atoms with Crippen molar-refractivity contribution >= 4 is 11.9 Å². The average Bonchev–Trinajstić information content (AvgIpc) is 3.18. The molecule has 2 heterocycles. The minimum Gasteiger partial charge on any atom is -0.505 e. The van der Waals surface area contributed by atoms with E-state index in [1.54, 1.807) is 14.0 Å². The number of aromatic nitrogens is 1. The van der Waals surface area contributed by atoms with E-state index >= 15 is 0 Å². The normalized spacial score (nSPS) is 15.8. The summed E-state index contributed by atoms with van der Waals surface area (Å²) in [6.07, 6.45) is 0. The van der Waals surface area contributed by atoms with E-state index in [-0.39, 0.29) is 43.0 Å². The van der Waals surface area contributed by atoms with Crippen LogP contribution in [0.25, 0.3) is 0 Å². The maximum absolute atomic E-state index is 11.7. The number of nitrogens with zero attached hydrogens (tertiary/aromatic N) is 2. The predicted molar refractivity (Wildman–Crippen MR) is 97.8 cm³/mol. The van der Waals surface area contributed by atoms with Crippen LogP contribution in [0.5, 0.6) is 11.6 Å². The minimum absolute atomic E-state index is 0.0423. The molecule has 1 aliphatic heterocycles. The molecule has 0 aliphatic carbocycles. The van der Waals surface area contributed by atoms with Crippen LogP contribution < -0.4 is 4.74 Å².